The fourth-order valence-electron chi connectivity index (χ4n) is 2.71. The third-order valence-electron chi connectivity index (χ3n) is 4.09. The lowest BCUT2D eigenvalue weighted by atomic mass is 10.1. The second-order valence-electron chi connectivity index (χ2n) is 6.25. The van der Waals surface area contributed by atoms with Gasteiger partial charge in [0, 0.05) is 24.2 Å². The van der Waals surface area contributed by atoms with Crippen molar-refractivity contribution in [1.82, 2.24) is 14.8 Å². The zero-order valence-corrected chi connectivity index (χ0v) is 15.7. The van der Waals surface area contributed by atoms with Gasteiger partial charge in [-0.2, -0.15) is 18.3 Å². The van der Waals surface area contributed by atoms with Gasteiger partial charge in [-0.1, -0.05) is 23.8 Å². The van der Waals surface area contributed by atoms with Gasteiger partial charge in [-0.05, 0) is 49.5 Å². The van der Waals surface area contributed by atoms with Crippen molar-refractivity contribution in [1.29, 1.82) is 0 Å². The minimum Gasteiger partial charge on any atom is -0.326 e. The molecule has 0 saturated carbocycles. The first-order valence-electron chi connectivity index (χ1n) is 8.43. The number of carbonyl (C=O) groups excluding carboxylic acids is 1. The largest absolute Gasteiger partial charge is 0.416 e. The number of hydrogen-bond acceptors (Lipinski definition) is 3. The first-order valence-corrected chi connectivity index (χ1v) is 8.84. The Bertz CT molecular complexity index is 1040. The lowest BCUT2D eigenvalue weighted by Crippen LogP contribution is -2.15. The summed E-state index contributed by atoms with van der Waals surface area (Å²) in [6, 6.07) is 12.0. The number of aromatic amines is 1. The number of amides is 1. The molecule has 0 aliphatic carbocycles. The Morgan fingerprint density at radius 3 is 2.57 bits per heavy atom. The van der Waals surface area contributed by atoms with Crippen LogP contribution in [0.4, 0.5) is 18.9 Å². The van der Waals surface area contributed by atoms with Crippen molar-refractivity contribution in [2.75, 3.05) is 5.32 Å². The Morgan fingerprint density at radius 1 is 1.21 bits per heavy atom. The first-order chi connectivity index (χ1) is 13.2. The summed E-state index contributed by atoms with van der Waals surface area (Å²) in [5.41, 5.74) is 1.47. The van der Waals surface area contributed by atoms with E-state index < -0.39 is 11.7 Å². The molecule has 5 nitrogen and oxygen atoms in total. The molecule has 0 aliphatic rings. The molecule has 0 saturated heterocycles. The molecule has 1 heterocycles. The molecule has 0 fully saturated rings. The van der Waals surface area contributed by atoms with Gasteiger partial charge in [0.05, 0.1) is 5.56 Å². The fourth-order valence-corrected chi connectivity index (χ4v) is 2.93. The van der Waals surface area contributed by atoms with Crippen LogP contribution in [-0.4, -0.2) is 20.7 Å². The molecule has 0 spiro atoms. The van der Waals surface area contributed by atoms with E-state index in [0.717, 1.165) is 23.3 Å². The van der Waals surface area contributed by atoms with Crippen LogP contribution in [0.5, 0.6) is 0 Å². The van der Waals surface area contributed by atoms with Crippen molar-refractivity contribution in [2.24, 2.45) is 0 Å². The molecule has 3 rings (SSSR count). The van der Waals surface area contributed by atoms with Gasteiger partial charge in [-0.15, -0.1) is 0 Å². The number of rotatable bonds is 5. The average Bonchev–Trinajstić information content (AvgIpc) is 3.00. The topological polar surface area (TPSA) is 62.7 Å². The minimum absolute atomic E-state index is 0.0910. The van der Waals surface area contributed by atoms with Crippen molar-refractivity contribution in [2.45, 2.75) is 26.1 Å². The SMILES string of the molecule is Cc1cccc(-c2n[nH]c(=S)n2CCC(=O)Nc2ccc(C(F)(F)F)cc2)c1. The van der Waals surface area contributed by atoms with Crippen LogP contribution in [0.25, 0.3) is 11.4 Å². The maximum Gasteiger partial charge on any atom is 0.416 e. The normalized spacial score (nSPS) is 11.4. The zero-order chi connectivity index (χ0) is 20.3. The number of nitrogens with zero attached hydrogens (tertiary/aromatic N) is 2. The summed E-state index contributed by atoms with van der Waals surface area (Å²) >= 11 is 5.24. The molecule has 0 unspecified atom stereocenters. The highest BCUT2D eigenvalue weighted by Gasteiger charge is 2.29. The lowest BCUT2D eigenvalue weighted by molar-refractivity contribution is -0.137. The minimum atomic E-state index is -4.41. The number of aromatic nitrogens is 3. The van der Waals surface area contributed by atoms with E-state index in [-0.39, 0.29) is 18.9 Å². The van der Waals surface area contributed by atoms with Crippen molar-refractivity contribution in [3.8, 4) is 11.4 Å². The van der Waals surface area contributed by atoms with Crippen LogP contribution in [-0.2, 0) is 17.5 Å². The maximum atomic E-state index is 12.6. The maximum absolute atomic E-state index is 12.6. The molecular weight excluding hydrogens is 389 g/mol. The van der Waals surface area contributed by atoms with Crippen LogP contribution in [0.1, 0.15) is 17.5 Å². The van der Waals surface area contributed by atoms with Gasteiger partial charge in [0.25, 0.3) is 0 Å². The molecule has 1 amide bonds. The highest BCUT2D eigenvalue weighted by Crippen LogP contribution is 2.29. The molecule has 0 aliphatic heterocycles. The van der Waals surface area contributed by atoms with E-state index in [1.165, 1.54) is 12.1 Å². The molecular formula is C19H17F3N4OS. The van der Waals surface area contributed by atoms with E-state index in [9.17, 15) is 18.0 Å². The number of hydrogen-bond donors (Lipinski definition) is 2. The third-order valence-corrected chi connectivity index (χ3v) is 4.40. The van der Waals surface area contributed by atoms with E-state index in [4.69, 9.17) is 12.2 Å². The molecule has 1 aromatic heterocycles. The quantitative estimate of drug-likeness (QED) is 0.589. The highest BCUT2D eigenvalue weighted by atomic mass is 32.1. The molecule has 0 bridgehead atoms. The van der Waals surface area contributed by atoms with Crippen molar-refractivity contribution in [3.05, 3.63) is 64.4 Å². The molecule has 146 valence electrons. The smallest absolute Gasteiger partial charge is 0.326 e. The van der Waals surface area contributed by atoms with Gasteiger partial charge in [0.1, 0.15) is 0 Å². The number of benzene rings is 2. The standard InChI is InChI=1S/C19H17F3N4OS/c1-12-3-2-4-13(11-12)17-24-25-18(28)26(17)10-9-16(27)23-15-7-5-14(6-8-15)19(20,21)22/h2-8,11H,9-10H2,1H3,(H,23,27)(H,25,28). The van der Waals surface area contributed by atoms with Crippen LogP contribution < -0.4 is 5.32 Å². The number of anilines is 1. The fraction of sp³-hybridized carbons (Fsp3) is 0.211. The highest BCUT2D eigenvalue weighted by molar-refractivity contribution is 7.71. The second kappa shape index (κ2) is 7.97. The monoisotopic (exact) mass is 406 g/mol. The van der Waals surface area contributed by atoms with Gasteiger partial charge in [-0.25, -0.2) is 0 Å². The molecule has 2 aromatic carbocycles. The summed E-state index contributed by atoms with van der Waals surface area (Å²) in [6.07, 6.45) is -4.32. The molecule has 28 heavy (non-hydrogen) atoms. The summed E-state index contributed by atoms with van der Waals surface area (Å²) in [5.74, 6) is 0.286. The Morgan fingerprint density at radius 2 is 1.93 bits per heavy atom. The molecule has 3 aromatic rings. The van der Waals surface area contributed by atoms with Gasteiger partial charge >= 0.3 is 6.18 Å². The summed E-state index contributed by atoms with van der Waals surface area (Å²) in [7, 11) is 0. The number of alkyl halides is 3. The van der Waals surface area contributed by atoms with Crippen molar-refractivity contribution in [3.63, 3.8) is 0 Å². The summed E-state index contributed by atoms with van der Waals surface area (Å²) in [4.78, 5) is 12.2. The van der Waals surface area contributed by atoms with Gasteiger partial charge in [0.15, 0.2) is 10.6 Å². The van der Waals surface area contributed by atoms with E-state index in [1.54, 1.807) is 4.57 Å². The number of carbonyl (C=O) groups is 1. The van der Waals surface area contributed by atoms with E-state index >= 15 is 0 Å². The van der Waals surface area contributed by atoms with E-state index in [2.05, 4.69) is 15.5 Å². The zero-order valence-electron chi connectivity index (χ0n) is 14.9. The Balaban J connectivity index is 1.67. The van der Waals surface area contributed by atoms with Crippen molar-refractivity contribution < 1.29 is 18.0 Å². The Labute approximate surface area is 164 Å². The van der Waals surface area contributed by atoms with Crippen LogP contribution >= 0.6 is 12.2 Å². The van der Waals surface area contributed by atoms with Crippen LogP contribution in [0.15, 0.2) is 48.5 Å². The third kappa shape index (κ3) is 4.66. The first kappa shape index (κ1) is 19.8. The average molecular weight is 406 g/mol. The van der Waals surface area contributed by atoms with Gasteiger partial charge in [0.2, 0.25) is 5.91 Å². The van der Waals surface area contributed by atoms with E-state index in [1.807, 2.05) is 31.2 Å². The predicted molar refractivity (Wildman–Crippen MR) is 102 cm³/mol. The lowest BCUT2D eigenvalue weighted by Gasteiger charge is -2.10. The Hall–Kier alpha value is -2.94. The molecule has 0 atom stereocenters. The van der Waals surface area contributed by atoms with Crippen LogP contribution in [0.3, 0.4) is 0 Å². The molecule has 0 radical (unpaired) electrons. The van der Waals surface area contributed by atoms with Gasteiger partial charge in [-0.3, -0.25) is 14.5 Å². The van der Waals surface area contributed by atoms with Crippen molar-refractivity contribution >= 4 is 23.8 Å². The summed E-state index contributed by atoms with van der Waals surface area (Å²) in [5, 5.41) is 9.54. The number of aryl methyl sites for hydroxylation is 1. The van der Waals surface area contributed by atoms with Crippen LogP contribution in [0.2, 0.25) is 0 Å². The number of nitrogens with one attached hydrogen (secondary N) is 2. The van der Waals surface area contributed by atoms with Crippen LogP contribution in [0, 0.1) is 11.7 Å². The van der Waals surface area contributed by atoms with E-state index in [0.29, 0.717) is 16.3 Å². The summed E-state index contributed by atoms with van der Waals surface area (Å²) in [6.45, 7) is 2.25. The summed E-state index contributed by atoms with van der Waals surface area (Å²) < 4.78 is 39.9. The molecule has 9 heteroatoms. The Kier molecular flexibility index (Phi) is 5.64. The van der Waals surface area contributed by atoms with Gasteiger partial charge < -0.3 is 5.32 Å². The second-order valence-corrected chi connectivity index (χ2v) is 6.63. The number of halogens is 3. The molecule has 2 N–H and O–H groups in total. The predicted octanol–water partition coefficient (Wildman–Crippen LogP) is 4.96. The number of H-pyrrole nitrogens is 1.